The highest BCUT2D eigenvalue weighted by Crippen LogP contribution is 2.33. The summed E-state index contributed by atoms with van der Waals surface area (Å²) < 4.78 is 12.5. The predicted molar refractivity (Wildman–Crippen MR) is 131 cm³/mol. The van der Waals surface area contributed by atoms with Crippen molar-refractivity contribution >= 4 is 32.6 Å². The first kappa shape index (κ1) is 21.0. The molecule has 0 saturated heterocycles. The van der Waals surface area contributed by atoms with Crippen LogP contribution in [0.2, 0.25) is 0 Å². The lowest BCUT2D eigenvalue weighted by Crippen LogP contribution is -2.30. The molecule has 0 unspecified atom stereocenters. The Morgan fingerprint density at radius 2 is 1.79 bits per heavy atom. The van der Waals surface area contributed by atoms with Crippen LogP contribution in [0.25, 0.3) is 10.2 Å². The van der Waals surface area contributed by atoms with Gasteiger partial charge >= 0.3 is 0 Å². The molecule has 0 spiro atoms. The molecule has 2 heterocycles. The number of furan rings is 1. The lowest BCUT2D eigenvalue weighted by atomic mass is 10.1. The van der Waals surface area contributed by atoms with Crippen LogP contribution in [0.1, 0.15) is 28.6 Å². The molecule has 0 aliphatic heterocycles. The fourth-order valence-electron chi connectivity index (χ4n) is 3.65. The number of aryl methyl sites for hydroxylation is 1. The molecule has 0 saturated carbocycles. The number of carbonyl (C=O) groups is 1. The molecule has 5 aromatic rings. The molecule has 1 amide bonds. The van der Waals surface area contributed by atoms with Gasteiger partial charge in [-0.1, -0.05) is 54.7 Å². The van der Waals surface area contributed by atoms with Gasteiger partial charge in [0, 0.05) is 5.56 Å². The minimum atomic E-state index is -0.165. The second-order valence-electron chi connectivity index (χ2n) is 7.53. The highest BCUT2D eigenvalue weighted by molar-refractivity contribution is 7.22. The van der Waals surface area contributed by atoms with E-state index < -0.39 is 0 Å². The zero-order valence-corrected chi connectivity index (χ0v) is 18.9. The number of nitrogens with zero attached hydrogens (tertiary/aromatic N) is 2. The van der Waals surface area contributed by atoms with E-state index in [1.807, 2.05) is 66.7 Å². The van der Waals surface area contributed by atoms with Gasteiger partial charge in [0.2, 0.25) is 0 Å². The zero-order chi connectivity index (χ0) is 22.6. The van der Waals surface area contributed by atoms with Gasteiger partial charge in [0.15, 0.2) is 5.13 Å². The third-order valence-corrected chi connectivity index (χ3v) is 6.35. The number of aromatic nitrogens is 1. The monoisotopic (exact) mass is 454 g/mol. The number of hydrogen-bond donors (Lipinski definition) is 0. The summed E-state index contributed by atoms with van der Waals surface area (Å²) in [6.45, 7) is 2.40. The van der Waals surface area contributed by atoms with Gasteiger partial charge in [-0.15, -0.1) is 0 Å². The van der Waals surface area contributed by atoms with Gasteiger partial charge in [0.05, 0.1) is 23.0 Å². The van der Waals surface area contributed by atoms with Crippen molar-refractivity contribution in [3.05, 3.63) is 108 Å². The third-order valence-electron chi connectivity index (χ3n) is 5.30. The summed E-state index contributed by atoms with van der Waals surface area (Å²) in [5, 5.41) is 0.640. The number of hydrogen-bond acceptors (Lipinski definition) is 5. The van der Waals surface area contributed by atoms with Gasteiger partial charge in [0.25, 0.3) is 5.91 Å². The van der Waals surface area contributed by atoms with Crippen molar-refractivity contribution in [1.29, 1.82) is 0 Å². The average Bonchev–Trinajstić information content (AvgIpc) is 3.52. The molecule has 0 aliphatic rings. The van der Waals surface area contributed by atoms with Gasteiger partial charge in [-0.25, -0.2) is 4.98 Å². The summed E-state index contributed by atoms with van der Waals surface area (Å²) in [5.74, 6) is 1.84. The van der Waals surface area contributed by atoms with Crippen LogP contribution >= 0.6 is 11.3 Å². The van der Waals surface area contributed by atoms with Crippen LogP contribution in [0.3, 0.4) is 0 Å². The van der Waals surface area contributed by atoms with E-state index in [2.05, 4.69) is 13.0 Å². The summed E-state index contributed by atoms with van der Waals surface area (Å²) in [7, 11) is 0. The number of ether oxygens (including phenoxy) is 1. The topological polar surface area (TPSA) is 55.6 Å². The number of fused-ring (bicyclic) bond motifs is 1. The number of rotatable bonds is 7. The van der Waals surface area contributed by atoms with E-state index in [0.29, 0.717) is 28.0 Å². The van der Waals surface area contributed by atoms with Crippen LogP contribution in [0.4, 0.5) is 5.13 Å². The summed E-state index contributed by atoms with van der Waals surface area (Å²) in [6.07, 6.45) is 2.49. The van der Waals surface area contributed by atoms with Gasteiger partial charge in [-0.05, 0) is 60.5 Å². The summed E-state index contributed by atoms with van der Waals surface area (Å²) >= 11 is 1.51. The van der Waals surface area contributed by atoms with Crippen molar-refractivity contribution < 1.29 is 13.9 Å². The van der Waals surface area contributed by atoms with Crippen LogP contribution in [0.15, 0.2) is 95.6 Å². The van der Waals surface area contributed by atoms with Crippen LogP contribution in [0, 0.1) is 0 Å². The number of para-hydroxylation sites is 2. The lowest BCUT2D eigenvalue weighted by molar-refractivity contribution is 0.0983. The smallest absolute Gasteiger partial charge is 0.260 e. The lowest BCUT2D eigenvalue weighted by Gasteiger charge is -2.19. The summed E-state index contributed by atoms with van der Waals surface area (Å²) in [5.41, 5.74) is 2.63. The molecule has 6 heteroatoms. The normalized spacial score (nSPS) is 10.9. The molecule has 5 nitrogen and oxygen atoms in total. The van der Waals surface area contributed by atoms with Gasteiger partial charge in [0.1, 0.15) is 17.3 Å². The Bertz CT molecular complexity index is 1380. The van der Waals surface area contributed by atoms with E-state index >= 15 is 0 Å². The average molecular weight is 455 g/mol. The van der Waals surface area contributed by atoms with Gasteiger partial charge in [-0.2, -0.15) is 0 Å². The van der Waals surface area contributed by atoms with E-state index in [1.54, 1.807) is 23.3 Å². The van der Waals surface area contributed by atoms with Crippen LogP contribution in [-0.4, -0.2) is 10.9 Å². The summed E-state index contributed by atoms with van der Waals surface area (Å²) in [6, 6.07) is 26.6. The van der Waals surface area contributed by atoms with Crippen molar-refractivity contribution in [2.24, 2.45) is 0 Å². The van der Waals surface area contributed by atoms with Crippen LogP contribution < -0.4 is 9.64 Å². The Kier molecular flexibility index (Phi) is 5.91. The Balaban J connectivity index is 1.51. The fourth-order valence-corrected chi connectivity index (χ4v) is 4.66. The number of carbonyl (C=O) groups excluding carboxylic acids is 1. The molecular weight excluding hydrogens is 432 g/mol. The maximum Gasteiger partial charge on any atom is 0.260 e. The Morgan fingerprint density at radius 3 is 2.58 bits per heavy atom. The first-order chi connectivity index (χ1) is 16.2. The highest BCUT2D eigenvalue weighted by Gasteiger charge is 2.23. The molecule has 3 aromatic carbocycles. The molecule has 0 radical (unpaired) electrons. The molecule has 164 valence electrons. The van der Waals surface area contributed by atoms with E-state index in [1.165, 1.54) is 16.9 Å². The maximum absolute atomic E-state index is 13.7. The minimum absolute atomic E-state index is 0.165. The molecule has 0 atom stereocenters. The largest absolute Gasteiger partial charge is 0.467 e. The quantitative estimate of drug-likeness (QED) is 0.263. The third kappa shape index (κ3) is 4.52. The number of anilines is 1. The number of amides is 1. The maximum atomic E-state index is 13.7. The van der Waals surface area contributed by atoms with Crippen molar-refractivity contribution in [1.82, 2.24) is 4.98 Å². The van der Waals surface area contributed by atoms with Crippen molar-refractivity contribution in [3.8, 4) is 11.5 Å². The fraction of sp³-hybridized carbons (Fsp3) is 0.111. The molecule has 2 aromatic heterocycles. The van der Waals surface area contributed by atoms with E-state index in [4.69, 9.17) is 14.1 Å². The second-order valence-corrected chi connectivity index (χ2v) is 8.54. The van der Waals surface area contributed by atoms with Crippen LogP contribution in [0.5, 0.6) is 11.5 Å². The standard InChI is InChI=1S/C27H22N2O3S/c1-2-19-9-7-15-24-25(19)28-27(33-24)29(18-23-14-8-16-31-23)26(30)20-10-6-13-22(17-20)32-21-11-4-3-5-12-21/h3-17H,2,18H2,1H3. The van der Waals surface area contributed by atoms with E-state index in [9.17, 15) is 4.79 Å². The van der Waals surface area contributed by atoms with Crippen molar-refractivity contribution in [2.75, 3.05) is 4.90 Å². The Labute approximate surface area is 195 Å². The molecular formula is C27H22N2O3S. The first-order valence-electron chi connectivity index (χ1n) is 10.8. The molecule has 0 aliphatic carbocycles. The van der Waals surface area contributed by atoms with Gasteiger partial charge in [-0.3, -0.25) is 9.69 Å². The molecule has 0 fully saturated rings. The molecule has 0 N–H and O–H groups in total. The SMILES string of the molecule is CCc1cccc2sc(N(Cc3ccco3)C(=O)c3cccc(Oc4ccccc4)c3)nc12. The minimum Gasteiger partial charge on any atom is -0.467 e. The van der Waals surface area contributed by atoms with E-state index in [-0.39, 0.29) is 12.5 Å². The summed E-state index contributed by atoms with van der Waals surface area (Å²) in [4.78, 5) is 20.2. The number of thiazole rings is 1. The predicted octanol–water partition coefficient (Wildman–Crippen LogP) is 7.09. The van der Waals surface area contributed by atoms with Gasteiger partial charge < -0.3 is 9.15 Å². The second kappa shape index (κ2) is 9.30. The Morgan fingerprint density at radius 1 is 0.970 bits per heavy atom. The molecule has 33 heavy (non-hydrogen) atoms. The highest BCUT2D eigenvalue weighted by atomic mass is 32.1. The van der Waals surface area contributed by atoms with E-state index in [0.717, 1.165) is 16.6 Å². The zero-order valence-electron chi connectivity index (χ0n) is 18.1. The van der Waals surface area contributed by atoms with Crippen molar-refractivity contribution in [3.63, 3.8) is 0 Å². The first-order valence-corrected chi connectivity index (χ1v) is 11.6. The van der Waals surface area contributed by atoms with Crippen molar-refractivity contribution in [2.45, 2.75) is 19.9 Å². The molecule has 5 rings (SSSR count). The van der Waals surface area contributed by atoms with Crippen LogP contribution in [-0.2, 0) is 13.0 Å². The molecule has 0 bridgehead atoms. The Hall–Kier alpha value is -3.90. The number of benzene rings is 3.